The number of benzene rings is 3. The number of methoxy groups -OCH3 is 3. The predicted molar refractivity (Wildman–Crippen MR) is 104 cm³/mol. The highest BCUT2D eigenvalue weighted by molar-refractivity contribution is 6.01. The molecule has 0 unspecified atom stereocenters. The van der Waals surface area contributed by atoms with E-state index in [2.05, 4.69) is 6.07 Å². The van der Waals surface area contributed by atoms with Crippen LogP contribution in [-0.4, -0.2) is 21.3 Å². The Hall–Kier alpha value is -3.45. The fourth-order valence-corrected chi connectivity index (χ4v) is 2.98. The number of allylic oxidation sites excluding steroid dienone is 1. The van der Waals surface area contributed by atoms with Gasteiger partial charge in [-0.2, -0.15) is 5.26 Å². The lowest BCUT2D eigenvalue weighted by molar-refractivity contribution is 0.324. The van der Waals surface area contributed by atoms with Gasteiger partial charge >= 0.3 is 0 Å². The Morgan fingerprint density at radius 2 is 1.54 bits per heavy atom. The van der Waals surface area contributed by atoms with Gasteiger partial charge < -0.3 is 14.2 Å². The van der Waals surface area contributed by atoms with Gasteiger partial charge in [0.1, 0.15) is 0 Å². The van der Waals surface area contributed by atoms with E-state index >= 15 is 0 Å². The summed E-state index contributed by atoms with van der Waals surface area (Å²) in [4.78, 5) is 0. The van der Waals surface area contributed by atoms with Crippen molar-refractivity contribution in [2.24, 2.45) is 0 Å². The van der Waals surface area contributed by atoms with Gasteiger partial charge in [-0.15, -0.1) is 0 Å². The van der Waals surface area contributed by atoms with Crippen molar-refractivity contribution in [3.8, 4) is 23.3 Å². The molecule has 0 saturated heterocycles. The zero-order valence-corrected chi connectivity index (χ0v) is 14.9. The van der Waals surface area contributed by atoms with Crippen molar-refractivity contribution in [3.63, 3.8) is 0 Å². The zero-order valence-electron chi connectivity index (χ0n) is 14.9. The third-order valence-electron chi connectivity index (χ3n) is 4.20. The molecule has 0 aromatic heterocycles. The van der Waals surface area contributed by atoms with Crippen LogP contribution in [0.3, 0.4) is 0 Å². The van der Waals surface area contributed by atoms with Crippen LogP contribution < -0.4 is 14.2 Å². The number of fused-ring (bicyclic) bond motifs is 1. The fourth-order valence-electron chi connectivity index (χ4n) is 2.98. The summed E-state index contributed by atoms with van der Waals surface area (Å²) in [5, 5.41) is 11.9. The van der Waals surface area contributed by atoms with Crippen LogP contribution in [0.5, 0.6) is 17.2 Å². The van der Waals surface area contributed by atoms with E-state index in [-0.39, 0.29) is 0 Å². The Balaban J connectivity index is 2.17. The molecule has 0 aliphatic rings. The van der Waals surface area contributed by atoms with Crippen molar-refractivity contribution in [1.29, 1.82) is 5.26 Å². The van der Waals surface area contributed by atoms with E-state index in [9.17, 15) is 5.26 Å². The summed E-state index contributed by atoms with van der Waals surface area (Å²) in [5.74, 6) is 1.62. The SMILES string of the molecule is COc1cc(/C=C(/C#N)c2cccc3ccccc23)cc(OC)c1OC. The largest absolute Gasteiger partial charge is 0.493 e. The first kappa shape index (κ1) is 17.4. The predicted octanol–water partition coefficient (Wildman–Crippen LogP) is 4.93. The van der Waals surface area contributed by atoms with Gasteiger partial charge in [0.25, 0.3) is 0 Å². The molecule has 0 N–H and O–H groups in total. The smallest absolute Gasteiger partial charge is 0.203 e. The molecule has 0 atom stereocenters. The molecule has 0 aliphatic carbocycles. The average Bonchev–Trinajstić information content (AvgIpc) is 2.70. The van der Waals surface area contributed by atoms with Gasteiger partial charge in [-0.25, -0.2) is 0 Å². The number of hydrogen-bond donors (Lipinski definition) is 0. The van der Waals surface area contributed by atoms with Crippen molar-refractivity contribution < 1.29 is 14.2 Å². The first-order valence-electron chi connectivity index (χ1n) is 8.11. The van der Waals surface area contributed by atoms with Crippen LogP contribution in [-0.2, 0) is 0 Å². The molecular formula is C22H19NO3. The maximum absolute atomic E-state index is 9.75. The monoisotopic (exact) mass is 345 g/mol. The quantitative estimate of drug-likeness (QED) is 0.486. The summed E-state index contributed by atoms with van der Waals surface area (Å²) in [6.07, 6.45) is 1.83. The van der Waals surface area contributed by atoms with Crippen molar-refractivity contribution in [1.82, 2.24) is 0 Å². The zero-order chi connectivity index (χ0) is 18.5. The summed E-state index contributed by atoms with van der Waals surface area (Å²) in [6.45, 7) is 0. The molecular weight excluding hydrogens is 326 g/mol. The van der Waals surface area contributed by atoms with Crippen LogP contribution >= 0.6 is 0 Å². The van der Waals surface area contributed by atoms with E-state index in [4.69, 9.17) is 14.2 Å². The van der Waals surface area contributed by atoms with Crippen LogP contribution in [0.1, 0.15) is 11.1 Å². The molecule has 3 aromatic rings. The molecule has 4 nitrogen and oxygen atoms in total. The Kier molecular flexibility index (Phi) is 5.09. The minimum absolute atomic E-state index is 0.524. The van der Waals surface area contributed by atoms with Crippen molar-refractivity contribution in [2.45, 2.75) is 0 Å². The Morgan fingerprint density at radius 1 is 0.885 bits per heavy atom. The van der Waals surface area contributed by atoms with Gasteiger partial charge in [-0.05, 0) is 34.5 Å². The third kappa shape index (κ3) is 3.20. The van der Waals surface area contributed by atoms with E-state index in [0.29, 0.717) is 22.8 Å². The third-order valence-corrected chi connectivity index (χ3v) is 4.20. The Labute approximate surface area is 152 Å². The molecule has 0 fully saturated rings. The summed E-state index contributed by atoms with van der Waals surface area (Å²) in [7, 11) is 4.70. The maximum atomic E-state index is 9.75. The van der Waals surface area contributed by atoms with Gasteiger partial charge in [0.15, 0.2) is 11.5 Å². The van der Waals surface area contributed by atoms with Crippen molar-refractivity contribution >= 4 is 22.4 Å². The number of nitrogens with zero attached hydrogens (tertiary/aromatic N) is 1. The lowest BCUT2D eigenvalue weighted by Crippen LogP contribution is -1.95. The van der Waals surface area contributed by atoms with Gasteiger partial charge in [-0.3, -0.25) is 0 Å². The molecule has 130 valence electrons. The van der Waals surface area contributed by atoms with E-state index in [0.717, 1.165) is 21.9 Å². The molecule has 0 spiro atoms. The van der Waals surface area contributed by atoms with Crippen LogP contribution in [0.2, 0.25) is 0 Å². The number of hydrogen-bond acceptors (Lipinski definition) is 4. The molecule has 0 aliphatic heterocycles. The Bertz CT molecular complexity index is 985. The topological polar surface area (TPSA) is 51.5 Å². The molecule has 3 aromatic carbocycles. The molecule has 3 rings (SSSR count). The maximum Gasteiger partial charge on any atom is 0.203 e. The van der Waals surface area contributed by atoms with Crippen LogP contribution in [0.25, 0.3) is 22.4 Å². The molecule has 0 radical (unpaired) electrons. The van der Waals surface area contributed by atoms with Crippen LogP contribution in [0.15, 0.2) is 54.6 Å². The average molecular weight is 345 g/mol. The summed E-state index contributed by atoms with van der Waals surface area (Å²) in [6, 6.07) is 19.9. The van der Waals surface area contributed by atoms with Gasteiger partial charge in [0.2, 0.25) is 5.75 Å². The summed E-state index contributed by atoms with van der Waals surface area (Å²) in [5.41, 5.74) is 2.25. The van der Waals surface area contributed by atoms with Crippen molar-refractivity contribution in [3.05, 3.63) is 65.7 Å². The number of ether oxygens (including phenoxy) is 3. The van der Waals surface area contributed by atoms with Gasteiger partial charge in [0.05, 0.1) is 33.0 Å². The van der Waals surface area contributed by atoms with E-state index < -0.39 is 0 Å². The van der Waals surface area contributed by atoms with Gasteiger partial charge in [0, 0.05) is 5.56 Å². The molecule has 4 heteroatoms. The molecule has 0 saturated carbocycles. The minimum atomic E-state index is 0.524. The minimum Gasteiger partial charge on any atom is -0.493 e. The van der Waals surface area contributed by atoms with E-state index in [1.165, 1.54) is 0 Å². The second-order valence-electron chi connectivity index (χ2n) is 5.66. The normalized spacial score (nSPS) is 11.1. The second-order valence-corrected chi connectivity index (χ2v) is 5.66. The number of nitriles is 1. The van der Waals surface area contributed by atoms with Gasteiger partial charge in [-0.1, -0.05) is 42.5 Å². The second kappa shape index (κ2) is 7.62. The first-order valence-corrected chi connectivity index (χ1v) is 8.11. The van der Waals surface area contributed by atoms with E-state index in [1.807, 2.05) is 60.7 Å². The molecule has 0 amide bonds. The summed E-state index contributed by atoms with van der Waals surface area (Å²) < 4.78 is 16.1. The fraction of sp³-hybridized carbons (Fsp3) is 0.136. The van der Waals surface area contributed by atoms with E-state index in [1.54, 1.807) is 21.3 Å². The lowest BCUT2D eigenvalue weighted by Gasteiger charge is -2.13. The lowest BCUT2D eigenvalue weighted by atomic mass is 9.97. The highest BCUT2D eigenvalue weighted by Crippen LogP contribution is 2.39. The standard InChI is InChI=1S/C22H19NO3/c1-24-20-12-15(13-21(25-2)22(20)26-3)11-17(14-23)19-10-6-8-16-7-4-5-9-18(16)19/h4-13H,1-3H3/b17-11-. The molecule has 0 bridgehead atoms. The summed E-state index contributed by atoms with van der Waals surface area (Å²) >= 11 is 0. The van der Waals surface area contributed by atoms with Crippen LogP contribution in [0, 0.1) is 11.3 Å². The Morgan fingerprint density at radius 3 is 2.15 bits per heavy atom. The molecule has 0 heterocycles. The van der Waals surface area contributed by atoms with Crippen molar-refractivity contribution in [2.75, 3.05) is 21.3 Å². The highest BCUT2D eigenvalue weighted by atomic mass is 16.5. The first-order chi connectivity index (χ1) is 12.7. The number of rotatable bonds is 5. The van der Waals surface area contributed by atoms with Crippen LogP contribution in [0.4, 0.5) is 0 Å². The highest BCUT2D eigenvalue weighted by Gasteiger charge is 2.13. The molecule has 26 heavy (non-hydrogen) atoms.